The van der Waals surface area contributed by atoms with Gasteiger partial charge in [0.2, 0.25) is 0 Å². The fourth-order valence-electron chi connectivity index (χ4n) is 0.788. The minimum absolute atomic E-state index is 0.392. The summed E-state index contributed by atoms with van der Waals surface area (Å²) < 4.78 is 12.4. The van der Waals surface area contributed by atoms with Crippen molar-refractivity contribution in [2.45, 2.75) is 27.2 Å². The van der Waals surface area contributed by atoms with E-state index in [4.69, 9.17) is 0 Å². The summed E-state index contributed by atoms with van der Waals surface area (Å²) >= 11 is 0. The summed E-state index contributed by atoms with van der Waals surface area (Å²) in [6.45, 7) is 5.78. The van der Waals surface area contributed by atoms with Crippen molar-refractivity contribution >= 4 is 0 Å². The lowest BCUT2D eigenvalue weighted by Gasteiger charge is -1.99. The molecule has 0 N–H and O–H groups in total. The molecule has 0 aromatic rings. The zero-order chi connectivity index (χ0) is 10.1. The topological polar surface area (TPSA) is 0 Å². The second kappa shape index (κ2) is 7.78. The Morgan fingerprint density at radius 2 is 2.15 bits per heavy atom. The molecule has 0 aliphatic rings. The van der Waals surface area contributed by atoms with Crippen LogP contribution in [-0.4, -0.2) is 6.67 Å². The van der Waals surface area contributed by atoms with Crippen LogP contribution in [0.15, 0.2) is 36.0 Å². The average Bonchev–Trinajstić information content (AvgIpc) is 2.17. The van der Waals surface area contributed by atoms with Crippen LogP contribution < -0.4 is 0 Å². The zero-order valence-electron chi connectivity index (χ0n) is 8.76. The van der Waals surface area contributed by atoms with Crippen LogP contribution in [0.2, 0.25) is 0 Å². The smallest absolute Gasteiger partial charge is 0.115 e. The van der Waals surface area contributed by atoms with Crippen LogP contribution in [-0.2, 0) is 0 Å². The van der Waals surface area contributed by atoms with E-state index >= 15 is 0 Å². The molecule has 0 radical (unpaired) electrons. The highest BCUT2D eigenvalue weighted by molar-refractivity contribution is 5.24. The Hall–Kier alpha value is -0.850. The van der Waals surface area contributed by atoms with Gasteiger partial charge < -0.3 is 0 Å². The van der Waals surface area contributed by atoms with E-state index in [1.165, 1.54) is 0 Å². The van der Waals surface area contributed by atoms with E-state index in [0.717, 1.165) is 12.0 Å². The third kappa shape index (κ3) is 6.32. The molecule has 0 nitrogen and oxygen atoms in total. The van der Waals surface area contributed by atoms with E-state index in [2.05, 4.69) is 19.9 Å². The van der Waals surface area contributed by atoms with Crippen LogP contribution in [0.1, 0.15) is 27.2 Å². The van der Waals surface area contributed by atoms with Gasteiger partial charge in [0.15, 0.2) is 0 Å². The van der Waals surface area contributed by atoms with Gasteiger partial charge in [-0.15, -0.1) is 0 Å². The Balaban J connectivity index is 4.19. The van der Waals surface area contributed by atoms with E-state index in [1.54, 1.807) is 6.08 Å². The first-order valence-electron chi connectivity index (χ1n) is 4.80. The van der Waals surface area contributed by atoms with Gasteiger partial charge in [0, 0.05) is 0 Å². The predicted molar refractivity (Wildman–Crippen MR) is 57.5 cm³/mol. The highest BCUT2D eigenvalue weighted by Crippen LogP contribution is 2.06. The van der Waals surface area contributed by atoms with Crippen molar-refractivity contribution in [3.8, 4) is 0 Å². The first-order chi connectivity index (χ1) is 6.24. The van der Waals surface area contributed by atoms with Crippen LogP contribution in [0.5, 0.6) is 0 Å². The molecule has 1 unspecified atom stereocenters. The maximum atomic E-state index is 12.4. The molecular weight excluding hydrogens is 163 g/mol. The lowest BCUT2D eigenvalue weighted by Crippen LogP contribution is -1.86. The first kappa shape index (κ1) is 12.2. The van der Waals surface area contributed by atoms with Crippen molar-refractivity contribution in [3.05, 3.63) is 36.0 Å². The summed E-state index contributed by atoms with van der Waals surface area (Å²) in [6.07, 6.45) is 10.6. The summed E-state index contributed by atoms with van der Waals surface area (Å²) in [5, 5.41) is 0. The van der Waals surface area contributed by atoms with Crippen LogP contribution in [0.25, 0.3) is 0 Å². The summed E-state index contributed by atoms with van der Waals surface area (Å²) in [6, 6.07) is 0. The quantitative estimate of drug-likeness (QED) is 0.562. The van der Waals surface area contributed by atoms with E-state index < -0.39 is 6.67 Å². The van der Waals surface area contributed by atoms with Crippen LogP contribution in [0.4, 0.5) is 4.39 Å². The number of allylic oxidation sites excluding steroid dienone is 6. The summed E-state index contributed by atoms with van der Waals surface area (Å²) in [5.41, 5.74) is 0.735. The predicted octanol–water partition coefficient (Wildman–Crippen LogP) is 4.06. The van der Waals surface area contributed by atoms with Crippen LogP contribution >= 0.6 is 0 Å². The highest BCUT2D eigenvalue weighted by atomic mass is 19.1. The molecule has 0 aromatic carbocycles. The standard InChI is InChI=1S/C12H19F/c1-4-6-7-12(10-13)9-8-11(3)5-2/h4,6-9,11H,5,10H2,1-3H3/b6-4-,9-8+,12-7+. The lowest BCUT2D eigenvalue weighted by molar-refractivity contribution is 0.549. The molecule has 0 fully saturated rings. The lowest BCUT2D eigenvalue weighted by atomic mass is 10.1. The fraction of sp³-hybridized carbons (Fsp3) is 0.500. The van der Waals surface area contributed by atoms with Gasteiger partial charge in [-0.3, -0.25) is 0 Å². The van der Waals surface area contributed by atoms with Gasteiger partial charge in [0.05, 0.1) is 0 Å². The third-order valence-electron chi connectivity index (χ3n) is 1.94. The van der Waals surface area contributed by atoms with Crippen molar-refractivity contribution < 1.29 is 4.39 Å². The van der Waals surface area contributed by atoms with Crippen molar-refractivity contribution in [2.24, 2.45) is 5.92 Å². The molecular formula is C12H19F. The van der Waals surface area contributed by atoms with Gasteiger partial charge in [0.25, 0.3) is 0 Å². The van der Waals surface area contributed by atoms with Crippen molar-refractivity contribution in [1.29, 1.82) is 0 Å². The third-order valence-corrected chi connectivity index (χ3v) is 1.94. The maximum absolute atomic E-state index is 12.4. The molecule has 0 aliphatic carbocycles. The van der Waals surface area contributed by atoms with E-state index in [0.29, 0.717) is 5.92 Å². The Bertz CT molecular complexity index is 199. The molecule has 0 amide bonds. The van der Waals surface area contributed by atoms with Crippen molar-refractivity contribution in [1.82, 2.24) is 0 Å². The summed E-state index contributed by atoms with van der Waals surface area (Å²) in [4.78, 5) is 0. The molecule has 13 heavy (non-hydrogen) atoms. The second-order valence-corrected chi connectivity index (χ2v) is 3.15. The molecule has 1 heteroatoms. The number of hydrogen-bond donors (Lipinski definition) is 0. The molecule has 0 saturated carbocycles. The maximum Gasteiger partial charge on any atom is 0.115 e. The number of hydrogen-bond acceptors (Lipinski definition) is 0. The van der Waals surface area contributed by atoms with Gasteiger partial charge >= 0.3 is 0 Å². The van der Waals surface area contributed by atoms with Crippen molar-refractivity contribution in [3.63, 3.8) is 0 Å². The van der Waals surface area contributed by atoms with E-state index in [-0.39, 0.29) is 0 Å². The Kier molecular flexibility index (Phi) is 7.27. The zero-order valence-corrected chi connectivity index (χ0v) is 8.76. The molecule has 0 heterocycles. The molecule has 0 saturated heterocycles. The summed E-state index contributed by atoms with van der Waals surface area (Å²) in [7, 11) is 0. The molecule has 0 spiro atoms. The number of alkyl halides is 1. The average molecular weight is 182 g/mol. The van der Waals surface area contributed by atoms with Gasteiger partial charge in [0.1, 0.15) is 6.67 Å². The SMILES string of the molecule is C\C=C/C=C(\C=C\C(C)CC)CF. The van der Waals surface area contributed by atoms with Gasteiger partial charge in [-0.05, 0) is 18.4 Å². The molecule has 0 aliphatic heterocycles. The fourth-order valence-corrected chi connectivity index (χ4v) is 0.788. The molecule has 74 valence electrons. The minimum Gasteiger partial charge on any atom is -0.246 e. The van der Waals surface area contributed by atoms with Gasteiger partial charge in [-0.25, -0.2) is 4.39 Å². The normalized spacial score (nSPS) is 15.8. The minimum atomic E-state index is -0.392. The van der Waals surface area contributed by atoms with E-state index in [1.807, 2.05) is 25.2 Å². The number of rotatable bonds is 5. The Labute approximate surface area is 80.9 Å². The molecule has 0 bridgehead atoms. The van der Waals surface area contributed by atoms with E-state index in [9.17, 15) is 4.39 Å². The Morgan fingerprint density at radius 3 is 2.62 bits per heavy atom. The highest BCUT2D eigenvalue weighted by Gasteiger charge is 1.92. The molecule has 0 aromatic heterocycles. The number of halogens is 1. The van der Waals surface area contributed by atoms with Gasteiger partial charge in [-0.1, -0.05) is 50.6 Å². The summed E-state index contributed by atoms with van der Waals surface area (Å²) in [5.74, 6) is 0.528. The van der Waals surface area contributed by atoms with Gasteiger partial charge in [-0.2, -0.15) is 0 Å². The largest absolute Gasteiger partial charge is 0.246 e. The Morgan fingerprint density at radius 1 is 1.46 bits per heavy atom. The molecule has 1 atom stereocenters. The first-order valence-corrected chi connectivity index (χ1v) is 4.80. The van der Waals surface area contributed by atoms with Crippen molar-refractivity contribution in [2.75, 3.05) is 6.67 Å². The molecule has 0 rings (SSSR count). The monoisotopic (exact) mass is 182 g/mol. The van der Waals surface area contributed by atoms with Crippen LogP contribution in [0.3, 0.4) is 0 Å². The second-order valence-electron chi connectivity index (χ2n) is 3.15. The van der Waals surface area contributed by atoms with Crippen LogP contribution in [0, 0.1) is 5.92 Å².